The van der Waals surface area contributed by atoms with Crippen LogP contribution in [0.4, 0.5) is 0 Å². The van der Waals surface area contributed by atoms with E-state index in [1.54, 1.807) is 24.4 Å². The van der Waals surface area contributed by atoms with Crippen LogP contribution >= 0.6 is 0 Å². The number of benzene rings is 1. The molecule has 0 saturated heterocycles. The highest BCUT2D eigenvalue weighted by Gasteiger charge is 2.47. The molecule has 11 heteroatoms. The van der Waals surface area contributed by atoms with E-state index < -0.39 is 17.6 Å². The van der Waals surface area contributed by atoms with E-state index in [2.05, 4.69) is 31.9 Å². The lowest BCUT2D eigenvalue weighted by atomic mass is 10.2. The number of tetrazole rings is 1. The van der Waals surface area contributed by atoms with E-state index in [4.69, 9.17) is 15.2 Å². The molecule has 3 aromatic rings. The Balaban J connectivity index is 1.50. The maximum absolute atomic E-state index is 12.7. The number of hydrogen-bond donors (Lipinski definition) is 2. The molecule has 2 aromatic heterocycles. The lowest BCUT2D eigenvalue weighted by Crippen LogP contribution is -2.46. The topological polar surface area (TPSA) is 154 Å². The Morgan fingerprint density at radius 2 is 2.00 bits per heavy atom. The van der Waals surface area contributed by atoms with Crippen molar-refractivity contribution >= 4 is 5.91 Å². The third-order valence-corrected chi connectivity index (χ3v) is 5.51. The fourth-order valence-electron chi connectivity index (χ4n) is 3.34. The van der Waals surface area contributed by atoms with Crippen LogP contribution in [0.1, 0.15) is 42.7 Å². The first-order chi connectivity index (χ1) is 16.6. The quantitative estimate of drug-likeness (QED) is 0.407. The molecular weight excluding hydrogens is 436 g/mol. The van der Waals surface area contributed by atoms with Gasteiger partial charge in [0, 0.05) is 12.3 Å². The van der Waals surface area contributed by atoms with Gasteiger partial charge in [0.2, 0.25) is 11.8 Å². The van der Waals surface area contributed by atoms with E-state index in [1.807, 2.05) is 30.3 Å². The number of nitrogens with zero attached hydrogens (tertiary/aromatic N) is 6. The predicted molar refractivity (Wildman–Crippen MR) is 120 cm³/mol. The zero-order chi connectivity index (χ0) is 23.8. The molecule has 1 fully saturated rings. The molecule has 0 radical (unpaired) electrons. The molecule has 2 atom stereocenters. The van der Waals surface area contributed by atoms with Gasteiger partial charge in [-0.05, 0) is 34.9 Å². The molecule has 176 valence electrons. The molecule has 1 aliphatic rings. The van der Waals surface area contributed by atoms with Gasteiger partial charge in [0.1, 0.15) is 18.7 Å². The standard InChI is InChI=1S/C23H26N8O3/c24-12-9-18(15-34-20-8-4-5-13-26-20)31-21(28-29-30-31)19(27-22(32)23(25)10-11-23)16-33-14-17-6-2-1-3-7-17/h1-8,13,18-19H,9-11,14-16,25H2,(H,27,32)/t18-,19-/m1/s1. The fraction of sp³-hybridized carbons (Fsp3) is 0.391. The van der Waals surface area contributed by atoms with Crippen molar-refractivity contribution in [3.05, 3.63) is 66.1 Å². The second kappa shape index (κ2) is 10.8. The van der Waals surface area contributed by atoms with Crippen molar-refractivity contribution in [1.82, 2.24) is 30.5 Å². The zero-order valence-corrected chi connectivity index (χ0v) is 18.6. The van der Waals surface area contributed by atoms with Crippen LogP contribution in [0.25, 0.3) is 0 Å². The Labute approximate surface area is 196 Å². The van der Waals surface area contributed by atoms with Crippen molar-refractivity contribution in [3.8, 4) is 11.9 Å². The SMILES string of the molecule is N#CC[C@H](COc1ccccn1)n1nnnc1[C@@H](COCc1ccccc1)NC(=O)C1(N)CC1. The number of carbonyl (C=O) groups is 1. The third-order valence-electron chi connectivity index (χ3n) is 5.51. The van der Waals surface area contributed by atoms with Crippen LogP contribution in [-0.4, -0.2) is 49.9 Å². The van der Waals surface area contributed by atoms with Gasteiger partial charge in [-0.1, -0.05) is 36.4 Å². The summed E-state index contributed by atoms with van der Waals surface area (Å²) in [6.45, 7) is 0.597. The number of nitriles is 1. The molecule has 0 unspecified atom stereocenters. The number of aromatic nitrogens is 5. The van der Waals surface area contributed by atoms with Crippen molar-refractivity contribution in [1.29, 1.82) is 5.26 Å². The highest BCUT2D eigenvalue weighted by molar-refractivity contribution is 5.89. The molecular formula is C23H26N8O3. The van der Waals surface area contributed by atoms with Gasteiger partial charge < -0.3 is 20.5 Å². The lowest BCUT2D eigenvalue weighted by Gasteiger charge is -2.23. The minimum atomic E-state index is -0.871. The van der Waals surface area contributed by atoms with Crippen molar-refractivity contribution < 1.29 is 14.3 Å². The third kappa shape index (κ3) is 5.92. The van der Waals surface area contributed by atoms with Crippen LogP contribution in [0.2, 0.25) is 0 Å². The average molecular weight is 463 g/mol. The largest absolute Gasteiger partial charge is 0.475 e. The second-order valence-corrected chi connectivity index (χ2v) is 8.16. The molecule has 0 spiro atoms. The normalized spacial score (nSPS) is 15.6. The first-order valence-electron chi connectivity index (χ1n) is 11.0. The van der Waals surface area contributed by atoms with Crippen LogP contribution in [0.15, 0.2) is 54.7 Å². The first kappa shape index (κ1) is 23.3. The summed E-state index contributed by atoms with van der Waals surface area (Å²) in [7, 11) is 0. The first-order valence-corrected chi connectivity index (χ1v) is 11.0. The minimum absolute atomic E-state index is 0.0945. The van der Waals surface area contributed by atoms with Gasteiger partial charge in [0.15, 0.2) is 5.82 Å². The van der Waals surface area contributed by atoms with Gasteiger partial charge in [0.05, 0.1) is 31.2 Å². The summed E-state index contributed by atoms with van der Waals surface area (Å²) in [5.74, 6) is 0.502. The van der Waals surface area contributed by atoms with Gasteiger partial charge in [-0.3, -0.25) is 4.79 Å². The van der Waals surface area contributed by atoms with E-state index in [1.165, 1.54) is 4.68 Å². The van der Waals surface area contributed by atoms with Crippen LogP contribution in [0.5, 0.6) is 5.88 Å². The Hall–Kier alpha value is -3.88. The maximum Gasteiger partial charge on any atom is 0.240 e. The summed E-state index contributed by atoms with van der Waals surface area (Å²) in [6.07, 6.45) is 2.96. The number of nitrogens with one attached hydrogen (secondary N) is 1. The molecule has 1 amide bonds. The summed E-state index contributed by atoms with van der Waals surface area (Å²) < 4.78 is 13.1. The molecule has 1 saturated carbocycles. The van der Waals surface area contributed by atoms with Gasteiger partial charge in [-0.2, -0.15) is 5.26 Å². The summed E-state index contributed by atoms with van der Waals surface area (Å²) in [5, 5.41) is 24.3. The molecule has 3 N–H and O–H groups in total. The van der Waals surface area contributed by atoms with Crippen LogP contribution in [0.3, 0.4) is 0 Å². The van der Waals surface area contributed by atoms with Crippen molar-refractivity contribution in [2.24, 2.45) is 5.73 Å². The average Bonchev–Trinajstić information content (AvgIpc) is 3.44. The number of pyridine rings is 1. The van der Waals surface area contributed by atoms with E-state index in [0.29, 0.717) is 31.2 Å². The Bertz CT molecular complexity index is 1110. The van der Waals surface area contributed by atoms with Crippen molar-refractivity contribution in [3.63, 3.8) is 0 Å². The molecule has 0 aliphatic heterocycles. The van der Waals surface area contributed by atoms with Gasteiger partial charge in [-0.25, -0.2) is 9.67 Å². The van der Waals surface area contributed by atoms with Crippen molar-refractivity contribution in [2.45, 2.75) is 43.5 Å². The summed E-state index contributed by atoms with van der Waals surface area (Å²) in [5.41, 5.74) is 6.21. The molecule has 4 rings (SSSR count). The van der Waals surface area contributed by atoms with Crippen LogP contribution in [-0.2, 0) is 16.1 Å². The number of ether oxygens (including phenoxy) is 2. The summed E-state index contributed by atoms with van der Waals surface area (Å²) in [6, 6.07) is 16.0. The number of carbonyl (C=O) groups excluding carboxylic acids is 1. The summed E-state index contributed by atoms with van der Waals surface area (Å²) >= 11 is 0. The van der Waals surface area contributed by atoms with Gasteiger partial charge >= 0.3 is 0 Å². The molecule has 11 nitrogen and oxygen atoms in total. The predicted octanol–water partition coefficient (Wildman–Crippen LogP) is 1.47. The van der Waals surface area contributed by atoms with E-state index in [0.717, 1.165) is 5.56 Å². The van der Waals surface area contributed by atoms with E-state index in [9.17, 15) is 10.1 Å². The minimum Gasteiger partial charge on any atom is -0.475 e. The summed E-state index contributed by atoms with van der Waals surface area (Å²) in [4.78, 5) is 16.9. The molecule has 1 aromatic carbocycles. The van der Waals surface area contributed by atoms with Crippen LogP contribution in [0, 0.1) is 11.3 Å². The second-order valence-electron chi connectivity index (χ2n) is 8.16. The number of hydrogen-bond acceptors (Lipinski definition) is 9. The highest BCUT2D eigenvalue weighted by atomic mass is 16.5. The molecule has 1 aliphatic carbocycles. The smallest absolute Gasteiger partial charge is 0.240 e. The number of rotatable bonds is 12. The fourth-order valence-corrected chi connectivity index (χ4v) is 3.34. The van der Waals surface area contributed by atoms with Crippen LogP contribution < -0.4 is 15.8 Å². The number of amides is 1. The van der Waals surface area contributed by atoms with Gasteiger partial charge in [-0.15, -0.1) is 5.10 Å². The van der Waals surface area contributed by atoms with Crippen molar-refractivity contribution in [2.75, 3.05) is 13.2 Å². The Morgan fingerprint density at radius 1 is 1.21 bits per heavy atom. The zero-order valence-electron chi connectivity index (χ0n) is 18.6. The monoisotopic (exact) mass is 462 g/mol. The maximum atomic E-state index is 12.7. The lowest BCUT2D eigenvalue weighted by molar-refractivity contribution is -0.124. The molecule has 0 bridgehead atoms. The molecule has 34 heavy (non-hydrogen) atoms. The Kier molecular flexibility index (Phi) is 7.41. The highest BCUT2D eigenvalue weighted by Crippen LogP contribution is 2.33. The Morgan fingerprint density at radius 3 is 2.71 bits per heavy atom. The molecule has 2 heterocycles. The number of nitrogens with two attached hydrogens (primary N) is 1. The van der Waals surface area contributed by atoms with Gasteiger partial charge in [0.25, 0.3) is 0 Å². The van der Waals surface area contributed by atoms with E-state index in [-0.39, 0.29) is 25.5 Å². The van der Waals surface area contributed by atoms with E-state index >= 15 is 0 Å².